The van der Waals surface area contributed by atoms with Crippen LogP contribution in [0.4, 0.5) is 0 Å². The van der Waals surface area contributed by atoms with Crippen molar-refractivity contribution in [3.63, 3.8) is 0 Å². The molecule has 2 unspecified atom stereocenters. The molecule has 1 aromatic carbocycles. The maximum atomic E-state index is 9.68. The Morgan fingerprint density at radius 2 is 1.81 bits per heavy atom. The van der Waals surface area contributed by atoms with Crippen LogP contribution in [0.2, 0.25) is 0 Å². The van der Waals surface area contributed by atoms with Crippen LogP contribution in [-0.4, -0.2) is 16.7 Å². The fourth-order valence-electron chi connectivity index (χ4n) is 3.01. The van der Waals surface area contributed by atoms with Crippen LogP contribution in [0.25, 0.3) is 0 Å². The van der Waals surface area contributed by atoms with E-state index in [0.717, 1.165) is 17.0 Å². The number of aliphatic hydroxyl groups excluding tert-OH is 1. The summed E-state index contributed by atoms with van der Waals surface area (Å²) in [5.74, 6) is 0. The highest BCUT2D eigenvalue weighted by atomic mass is 16.3. The van der Waals surface area contributed by atoms with Crippen molar-refractivity contribution in [2.24, 2.45) is 0 Å². The second kappa shape index (κ2) is 6.83. The minimum Gasteiger partial charge on any atom is -0.394 e. The van der Waals surface area contributed by atoms with Gasteiger partial charge in [0.15, 0.2) is 0 Å². The first-order chi connectivity index (χ1) is 10.0. The predicted octanol–water partition coefficient (Wildman–Crippen LogP) is 3.39. The van der Waals surface area contributed by atoms with Gasteiger partial charge in [-0.3, -0.25) is 4.98 Å². The average Bonchev–Trinajstić information content (AvgIpc) is 2.44. The molecule has 1 aromatic heterocycles. The molecule has 0 aliphatic carbocycles. The molecule has 1 heterocycles. The Morgan fingerprint density at radius 1 is 1.14 bits per heavy atom. The van der Waals surface area contributed by atoms with E-state index in [-0.39, 0.29) is 18.7 Å². The van der Waals surface area contributed by atoms with Gasteiger partial charge in [-0.05, 0) is 50.5 Å². The number of pyridine rings is 1. The van der Waals surface area contributed by atoms with E-state index in [9.17, 15) is 5.11 Å². The number of hydrogen-bond acceptors (Lipinski definition) is 3. The van der Waals surface area contributed by atoms with Gasteiger partial charge in [0.25, 0.3) is 0 Å². The van der Waals surface area contributed by atoms with Crippen LogP contribution in [0.5, 0.6) is 0 Å². The SMILES string of the molecule is Cc1cc(C)c(C(C)NC(CO)c2ccccc2)c(C)n1. The van der Waals surface area contributed by atoms with Crippen LogP contribution in [0.15, 0.2) is 36.4 Å². The van der Waals surface area contributed by atoms with Gasteiger partial charge in [-0.25, -0.2) is 0 Å². The zero-order valence-electron chi connectivity index (χ0n) is 13.2. The number of benzene rings is 1. The summed E-state index contributed by atoms with van der Waals surface area (Å²) in [5.41, 5.74) is 5.65. The van der Waals surface area contributed by atoms with Gasteiger partial charge >= 0.3 is 0 Å². The van der Waals surface area contributed by atoms with Crippen molar-refractivity contribution in [3.8, 4) is 0 Å². The van der Waals surface area contributed by atoms with Crippen molar-refractivity contribution < 1.29 is 5.11 Å². The molecule has 0 saturated heterocycles. The lowest BCUT2D eigenvalue weighted by Gasteiger charge is -2.25. The fraction of sp³-hybridized carbons (Fsp3) is 0.389. The Labute approximate surface area is 127 Å². The summed E-state index contributed by atoms with van der Waals surface area (Å²) in [6.07, 6.45) is 0. The number of aryl methyl sites for hydroxylation is 3. The van der Waals surface area contributed by atoms with E-state index < -0.39 is 0 Å². The van der Waals surface area contributed by atoms with Gasteiger partial charge in [-0.2, -0.15) is 0 Å². The van der Waals surface area contributed by atoms with Gasteiger partial charge in [0, 0.05) is 17.4 Å². The van der Waals surface area contributed by atoms with Crippen LogP contribution in [0.3, 0.4) is 0 Å². The first kappa shape index (κ1) is 15.7. The number of rotatable bonds is 5. The van der Waals surface area contributed by atoms with Gasteiger partial charge in [-0.15, -0.1) is 0 Å². The molecule has 0 aliphatic rings. The highest BCUT2D eigenvalue weighted by molar-refractivity contribution is 5.34. The molecule has 2 rings (SSSR count). The molecule has 2 aromatic rings. The third-order valence-electron chi connectivity index (χ3n) is 3.85. The van der Waals surface area contributed by atoms with E-state index >= 15 is 0 Å². The van der Waals surface area contributed by atoms with Crippen molar-refractivity contribution >= 4 is 0 Å². The molecule has 3 heteroatoms. The molecular weight excluding hydrogens is 260 g/mol. The first-order valence-corrected chi connectivity index (χ1v) is 7.39. The molecule has 0 radical (unpaired) electrons. The van der Waals surface area contributed by atoms with Crippen LogP contribution in [-0.2, 0) is 0 Å². The summed E-state index contributed by atoms with van der Waals surface area (Å²) in [5, 5.41) is 13.2. The van der Waals surface area contributed by atoms with E-state index in [1.54, 1.807) is 0 Å². The van der Waals surface area contributed by atoms with Gasteiger partial charge in [0.05, 0.1) is 12.6 Å². The predicted molar refractivity (Wildman–Crippen MR) is 86.3 cm³/mol. The fourth-order valence-corrected chi connectivity index (χ4v) is 3.01. The number of nitrogens with one attached hydrogen (secondary N) is 1. The van der Waals surface area contributed by atoms with Crippen LogP contribution in [0.1, 0.15) is 47.1 Å². The van der Waals surface area contributed by atoms with Gasteiger partial charge in [-0.1, -0.05) is 30.3 Å². The monoisotopic (exact) mass is 284 g/mol. The molecule has 0 fully saturated rings. The molecule has 112 valence electrons. The Hall–Kier alpha value is -1.71. The number of aliphatic hydroxyl groups is 1. The standard InChI is InChI=1S/C18H24N2O/c1-12-10-13(2)19-14(3)18(12)15(4)20-17(11-21)16-8-6-5-7-9-16/h5-10,15,17,20-21H,11H2,1-4H3. The normalized spacial score (nSPS) is 14.0. The molecule has 3 nitrogen and oxygen atoms in total. The van der Waals surface area contributed by atoms with E-state index in [2.05, 4.69) is 30.2 Å². The maximum Gasteiger partial charge on any atom is 0.0626 e. The van der Waals surface area contributed by atoms with E-state index in [4.69, 9.17) is 0 Å². The lowest BCUT2D eigenvalue weighted by Crippen LogP contribution is -2.28. The number of aromatic nitrogens is 1. The molecule has 0 amide bonds. The maximum absolute atomic E-state index is 9.68. The molecule has 0 saturated carbocycles. The van der Waals surface area contributed by atoms with Gasteiger partial charge in [0.1, 0.15) is 0 Å². The largest absolute Gasteiger partial charge is 0.394 e. The Kier molecular flexibility index (Phi) is 5.10. The molecule has 0 spiro atoms. The lowest BCUT2D eigenvalue weighted by molar-refractivity contribution is 0.235. The minimum absolute atomic E-state index is 0.0682. The zero-order chi connectivity index (χ0) is 15.4. The van der Waals surface area contributed by atoms with E-state index in [1.807, 2.05) is 44.2 Å². The summed E-state index contributed by atoms with van der Waals surface area (Å²) in [7, 11) is 0. The summed E-state index contributed by atoms with van der Waals surface area (Å²) in [6, 6.07) is 12.2. The third kappa shape index (κ3) is 3.69. The molecule has 21 heavy (non-hydrogen) atoms. The Morgan fingerprint density at radius 3 is 2.38 bits per heavy atom. The first-order valence-electron chi connectivity index (χ1n) is 7.39. The van der Waals surface area contributed by atoms with Gasteiger partial charge in [0.2, 0.25) is 0 Å². The summed E-state index contributed by atoms with van der Waals surface area (Å²) >= 11 is 0. The molecule has 0 bridgehead atoms. The molecular formula is C18H24N2O. The van der Waals surface area contributed by atoms with Crippen LogP contribution >= 0.6 is 0 Å². The average molecular weight is 284 g/mol. The topological polar surface area (TPSA) is 45.1 Å². The Balaban J connectivity index is 2.23. The van der Waals surface area contributed by atoms with Crippen LogP contribution in [0, 0.1) is 20.8 Å². The lowest BCUT2D eigenvalue weighted by atomic mass is 9.98. The second-order valence-corrected chi connectivity index (χ2v) is 5.61. The van der Waals surface area contributed by atoms with Crippen molar-refractivity contribution in [1.29, 1.82) is 0 Å². The zero-order valence-corrected chi connectivity index (χ0v) is 13.2. The second-order valence-electron chi connectivity index (χ2n) is 5.61. The van der Waals surface area contributed by atoms with Crippen molar-refractivity contribution in [2.75, 3.05) is 6.61 Å². The quantitative estimate of drug-likeness (QED) is 0.884. The van der Waals surface area contributed by atoms with E-state index in [1.165, 1.54) is 11.1 Å². The van der Waals surface area contributed by atoms with Crippen molar-refractivity contribution in [2.45, 2.75) is 39.8 Å². The highest BCUT2D eigenvalue weighted by Crippen LogP contribution is 2.24. The summed E-state index contributed by atoms with van der Waals surface area (Å²) in [4.78, 5) is 4.56. The third-order valence-corrected chi connectivity index (χ3v) is 3.85. The minimum atomic E-state index is -0.0682. The molecule has 2 N–H and O–H groups in total. The number of nitrogens with zero attached hydrogens (tertiary/aromatic N) is 1. The molecule has 2 atom stereocenters. The smallest absolute Gasteiger partial charge is 0.0626 e. The van der Waals surface area contributed by atoms with Crippen LogP contribution < -0.4 is 5.32 Å². The summed E-state index contributed by atoms with van der Waals surface area (Å²) < 4.78 is 0. The van der Waals surface area contributed by atoms with E-state index in [0.29, 0.717) is 0 Å². The van der Waals surface area contributed by atoms with Gasteiger partial charge < -0.3 is 10.4 Å². The van der Waals surface area contributed by atoms with Crippen molar-refractivity contribution in [1.82, 2.24) is 10.3 Å². The summed E-state index contributed by atoms with van der Waals surface area (Å²) in [6.45, 7) is 8.38. The number of hydrogen-bond donors (Lipinski definition) is 2. The Bertz CT molecular complexity index is 572. The van der Waals surface area contributed by atoms with Crippen molar-refractivity contribution in [3.05, 3.63) is 64.5 Å². The molecule has 0 aliphatic heterocycles. The highest BCUT2D eigenvalue weighted by Gasteiger charge is 2.18.